The Morgan fingerprint density at radius 3 is 2.83 bits per heavy atom. The van der Waals surface area contributed by atoms with Crippen molar-refractivity contribution in [2.75, 3.05) is 0 Å². The van der Waals surface area contributed by atoms with E-state index in [1.54, 1.807) is 17.0 Å². The van der Waals surface area contributed by atoms with Crippen LogP contribution in [-0.4, -0.2) is 15.7 Å². The van der Waals surface area contributed by atoms with Crippen molar-refractivity contribution < 1.29 is 9.21 Å². The third kappa shape index (κ3) is 2.61. The lowest BCUT2D eigenvalue weighted by atomic mass is 10.1. The normalized spacial score (nSPS) is 10.6. The van der Waals surface area contributed by atoms with Gasteiger partial charge in [0.2, 0.25) is 5.91 Å². The Morgan fingerprint density at radius 1 is 1.50 bits per heavy atom. The third-order valence-corrected chi connectivity index (χ3v) is 3.04. The zero-order valence-corrected chi connectivity index (χ0v) is 10.9. The van der Waals surface area contributed by atoms with Crippen LogP contribution in [0.3, 0.4) is 0 Å². The molecule has 0 aromatic carbocycles. The smallest absolute Gasteiger partial charge is 0.224 e. The van der Waals surface area contributed by atoms with E-state index in [9.17, 15) is 4.79 Å². The molecule has 0 aliphatic carbocycles. The van der Waals surface area contributed by atoms with Crippen LogP contribution in [0.2, 0.25) is 0 Å². The first-order valence-electron chi connectivity index (χ1n) is 5.86. The van der Waals surface area contributed by atoms with Gasteiger partial charge in [-0.15, -0.1) is 0 Å². The number of hydrogen-bond acceptors (Lipinski definition) is 3. The van der Waals surface area contributed by atoms with Gasteiger partial charge >= 0.3 is 0 Å². The fraction of sp³-hybridized carbons (Fsp3) is 0.385. The highest BCUT2D eigenvalue weighted by Gasteiger charge is 2.13. The maximum atomic E-state index is 11.8. The Hall–Kier alpha value is -2.04. The zero-order chi connectivity index (χ0) is 13.1. The van der Waals surface area contributed by atoms with E-state index >= 15 is 0 Å². The zero-order valence-electron chi connectivity index (χ0n) is 10.9. The molecule has 2 aromatic heterocycles. The Kier molecular flexibility index (Phi) is 3.50. The molecule has 2 heterocycles. The Bertz CT molecular complexity index is 541. The Labute approximate surface area is 106 Å². The van der Waals surface area contributed by atoms with Crippen LogP contribution in [-0.2, 0) is 24.8 Å². The van der Waals surface area contributed by atoms with E-state index in [2.05, 4.69) is 10.4 Å². The van der Waals surface area contributed by atoms with Crippen LogP contribution < -0.4 is 5.32 Å². The Morgan fingerprint density at radius 2 is 2.28 bits per heavy atom. The quantitative estimate of drug-likeness (QED) is 0.890. The maximum Gasteiger partial charge on any atom is 0.224 e. The molecule has 0 fully saturated rings. The highest BCUT2D eigenvalue weighted by atomic mass is 16.3. The monoisotopic (exact) mass is 247 g/mol. The van der Waals surface area contributed by atoms with E-state index in [0.29, 0.717) is 13.0 Å². The summed E-state index contributed by atoms with van der Waals surface area (Å²) in [6.07, 6.45) is 1.95. The molecule has 2 rings (SSSR count). The van der Waals surface area contributed by atoms with Crippen LogP contribution in [0.15, 0.2) is 22.8 Å². The van der Waals surface area contributed by atoms with Crippen LogP contribution in [0, 0.1) is 13.8 Å². The van der Waals surface area contributed by atoms with Crippen molar-refractivity contribution in [2.24, 2.45) is 7.05 Å². The summed E-state index contributed by atoms with van der Waals surface area (Å²) in [5, 5.41) is 7.12. The molecule has 0 saturated heterocycles. The molecule has 0 spiro atoms. The molecular formula is C13H17N3O2. The predicted molar refractivity (Wildman–Crippen MR) is 66.9 cm³/mol. The molecular weight excluding hydrogens is 230 g/mol. The highest BCUT2D eigenvalue weighted by Crippen LogP contribution is 2.12. The molecule has 96 valence electrons. The van der Waals surface area contributed by atoms with Crippen molar-refractivity contribution in [3.8, 4) is 0 Å². The number of nitrogens with one attached hydrogen (secondary N) is 1. The van der Waals surface area contributed by atoms with Crippen molar-refractivity contribution >= 4 is 5.91 Å². The first-order chi connectivity index (χ1) is 8.58. The Balaban J connectivity index is 1.95. The summed E-state index contributed by atoms with van der Waals surface area (Å²) in [7, 11) is 1.88. The molecule has 1 N–H and O–H groups in total. The largest absolute Gasteiger partial charge is 0.467 e. The van der Waals surface area contributed by atoms with Crippen LogP contribution in [0.1, 0.15) is 22.7 Å². The van der Waals surface area contributed by atoms with Crippen molar-refractivity contribution in [3.05, 3.63) is 41.1 Å². The fourth-order valence-corrected chi connectivity index (χ4v) is 1.90. The number of nitrogens with zero attached hydrogens (tertiary/aromatic N) is 2. The lowest BCUT2D eigenvalue weighted by Gasteiger charge is -2.04. The van der Waals surface area contributed by atoms with Gasteiger partial charge in [0.05, 0.1) is 24.9 Å². The molecule has 5 nitrogen and oxygen atoms in total. The van der Waals surface area contributed by atoms with Gasteiger partial charge in [0.1, 0.15) is 5.76 Å². The first kappa shape index (κ1) is 12.4. The van der Waals surface area contributed by atoms with Gasteiger partial charge in [0.15, 0.2) is 0 Å². The summed E-state index contributed by atoms with van der Waals surface area (Å²) in [6, 6.07) is 3.64. The number of carbonyl (C=O) groups excluding carboxylic acids is 1. The standard InChI is InChI=1S/C13H17N3O2/c1-9-12(10(2)16(3)15-9)7-13(17)14-8-11-5-4-6-18-11/h4-6H,7-8H2,1-3H3,(H,14,17). The molecule has 0 saturated carbocycles. The molecule has 0 aliphatic heterocycles. The maximum absolute atomic E-state index is 11.8. The number of furan rings is 1. The third-order valence-electron chi connectivity index (χ3n) is 3.04. The molecule has 0 unspecified atom stereocenters. The summed E-state index contributed by atoms with van der Waals surface area (Å²) < 4.78 is 6.95. The minimum absolute atomic E-state index is 0.0226. The first-order valence-corrected chi connectivity index (χ1v) is 5.86. The lowest BCUT2D eigenvalue weighted by molar-refractivity contribution is -0.120. The summed E-state index contributed by atoms with van der Waals surface area (Å²) in [5.41, 5.74) is 2.93. The van der Waals surface area contributed by atoms with Crippen LogP contribution in [0.4, 0.5) is 0 Å². The number of rotatable bonds is 4. The minimum Gasteiger partial charge on any atom is -0.467 e. The predicted octanol–water partition coefficient (Wildman–Crippen LogP) is 1.49. The van der Waals surface area contributed by atoms with E-state index in [1.165, 1.54) is 0 Å². The average Bonchev–Trinajstić information content (AvgIpc) is 2.92. The summed E-state index contributed by atoms with van der Waals surface area (Å²) in [5.74, 6) is 0.730. The van der Waals surface area contributed by atoms with Gasteiger partial charge in [-0.1, -0.05) is 0 Å². The van der Waals surface area contributed by atoms with E-state index < -0.39 is 0 Å². The molecule has 0 atom stereocenters. The van der Waals surface area contributed by atoms with Crippen molar-refractivity contribution in [2.45, 2.75) is 26.8 Å². The second kappa shape index (κ2) is 5.08. The summed E-state index contributed by atoms with van der Waals surface area (Å²) in [4.78, 5) is 11.8. The summed E-state index contributed by atoms with van der Waals surface area (Å²) >= 11 is 0. The number of aryl methyl sites for hydroxylation is 2. The molecule has 18 heavy (non-hydrogen) atoms. The molecule has 5 heteroatoms. The van der Waals surface area contributed by atoms with Crippen LogP contribution >= 0.6 is 0 Å². The highest BCUT2D eigenvalue weighted by molar-refractivity contribution is 5.79. The van der Waals surface area contributed by atoms with Crippen molar-refractivity contribution in [1.29, 1.82) is 0 Å². The second-order valence-corrected chi connectivity index (χ2v) is 4.31. The van der Waals surface area contributed by atoms with Gasteiger partial charge in [-0.2, -0.15) is 5.10 Å². The van der Waals surface area contributed by atoms with Gasteiger partial charge in [-0.25, -0.2) is 0 Å². The van der Waals surface area contributed by atoms with Crippen molar-refractivity contribution in [3.63, 3.8) is 0 Å². The number of carbonyl (C=O) groups is 1. The molecule has 0 radical (unpaired) electrons. The number of aromatic nitrogens is 2. The fourth-order valence-electron chi connectivity index (χ4n) is 1.90. The number of hydrogen-bond donors (Lipinski definition) is 1. The van der Waals surface area contributed by atoms with Gasteiger partial charge in [0.25, 0.3) is 0 Å². The molecule has 0 bridgehead atoms. The van der Waals surface area contributed by atoms with Gasteiger partial charge < -0.3 is 9.73 Å². The SMILES string of the molecule is Cc1nn(C)c(C)c1CC(=O)NCc1ccco1. The van der Waals surface area contributed by atoms with E-state index in [1.807, 2.05) is 27.0 Å². The van der Waals surface area contributed by atoms with Gasteiger partial charge in [-0.3, -0.25) is 9.48 Å². The molecule has 2 aromatic rings. The molecule has 0 aliphatic rings. The van der Waals surface area contributed by atoms with Gasteiger partial charge in [0, 0.05) is 18.3 Å². The van der Waals surface area contributed by atoms with Crippen LogP contribution in [0.25, 0.3) is 0 Å². The van der Waals surface area contributed by atoms with E-state index in [-0.39, 0.29) is 5.91 Å². The van der Waals surface area contributed by atoms with E-state index in [4.69, 9.17) is 4.42 Å². The van der Waals surface area contributed by atoms with Gasteiger partial charge in [-0.05, 0) is 26.0 Å². The second-order valence-electron chi connectivity index (χ2n) is 4.31. The average molecular weight is 247 g/mol. The minimum atomic E-state index is -0.0226. The van der Waals surface area contributed by atoms with Crippen LogP contribution in [0.5, 0.6) is 0 Å². The summed E-state index contributed by atoms with van der Waals surface area (Å²) in [6.45, 7) is 4.31. The lowest BCUT2D eigenvalue weighted by Crippen LogP contribution is -2.24. The number of amides is 1. The van der Waals surface area contributed by atoms with Crippen molar-refractivity contribution in [1.82, 2.24) is 15.1 Å². The topological polar surface area (TPSA) is 60.1 Å². The van der Waals surface area contributed by atoms with E-state index in [0.717, 1.165) is 22.7 Å². The molecule has 1 amide bonds.